The molecule has 0 aliphatic carbocycles. The van der Waals surface area contributed by atoms with Gasteiger partial charge in [0.25, 0.3) is 0 Å². The average molecular weight is 301 g/mol. The second-order valence-corrected chi connectivity index (χ2v) is 4.84. The minimum Gasteiger partial charge on any atom is -0.225 e. The summed E-state index contributed by atoms with van der Waals surface area (Å²) in [5.41, 5.74) is 0. The van der Waals surface area contributed by atoms with Crippen LogP contribution >= 0.6 is 22.6 Å². The maximum absolute atomic E-state index is 12.8. The highest BCUT2D eigenvalue weighted by Gasteiger charge is 2.09. The van der Waals surface area contributed by atoms with Crippen molar-refractivity contribution >= 4 is 32.6 Å². The van der Waals surface area contributed by atoms with E-state index < -0.39 is 15.8 Å². The van der Waals surface area contributed by atoms with Crippen LogP contribution in [0.4, 0.5) is 4.39 Å². The molecule has 0 amide bonds. The monoisotopic (exact) mass is 301 g/mol. The predicted molar refractivity (Wildman–Crippen MR) is 50.5 cm³/mol. The number of hydrogen-bond donors (Lipinski definition) is 1. The topological polar surface area (TPSA) is 60.2 Å². The van der Waals surface area contributed by atoms with Gasteiger partial charge in [-0.3, -0.25) is 0 Å². The third-order valence-corrected chi connectivity index (χ3v) is 3.01. The number of halogens is 2. The van der Waals surface area contributed by atoms with Crippen molar-refractivity contribution in [1.82, 2.24) is 0 Å². The lowest BCUT2D eigenvalue weighted by atomic mass is 10.3. The zero-order valence-electron chi connectivity index (χ0n) is 5.79. The molecule has 0 aliphatic heterocycles. The van der Waals surface area contributed by atoms with Crippen LogP contribution < -0.4 is 5.14 Å². The molecule has 0 bridgehead atoms. The summed E-state index contributed by atoms with van der Waals surface area (Å²) in [4.78, 5) is -0.208. The first-order chi connectivity index (χ1) is 5.41. The van der Waals surface area contributed by atoms with Gasteiger partial charge in [0.05, 0.1) is 4.90 Å². The van der Waals surface area contributed by atoms with Crippen LogP contribution in [0.25, 0.3) is 0 Å². The highest BCUT2D eigenvalue weighted by atomic mass is 127. The smallest absolute Gasteiger partial charge is 0.225 e. The predicted octanol–water partition coefficient (Wildman–Crippen LogP) is 1.08. The Morgan fingerprint density at radius 2 is 2.00 bits per heavy atom. The molecule has 0 spiro atoms. The number of sulfonamides is 1. The van der Waals surface area contributed by atoms with Crippen molar-refractivity contribution in [3.8, 4) is 0 Å². The minimum atomic E-state index is -3.79. The fourth-order valence-corrected chi connectivity index (χ4v) is 1.51. The van der Waals surface area contributed by atoms with E-state index in [4.69, 9.17) is 5.14 Å². The SMILES string of the molecule is NS(=O)(=O)c1ccc(I)c(F)c1. The first-order valence-electron chi connectivity index (χ1n) is 2.89. The van der Waals surface area contributed by atoms with Crippen LogP contribution in [0, 0.1) is 9.39 Å². The van der Waals surface area contributed by atoms with Gasteiger partial charge in [-0.2, -0.15) is 0 Å². The highest BCUT2D eigenvalue weighted by Crippen LogP contribution is 2.14. The molecule has 6 heteroatoms. The van der Waals surface area contributed by atoms with Crippen LogP contribution in [0.5, 0.6) is 0 Å². The third kappa shape index (κ3) is 2.14. The van der Waals surface area contributed by atoms with Gasteiger partial charge in [-0.1, -0.05) is 0 Å². The van der Waals surface area contributed by atoms with E-state index in [2.05, 4.69) is 0 Å². The van der Waals surface area contributed by atoms with Gasteiger partial charge in [-0.15, -0.1) is 0 Å². The van der Waals surface area contributed by atoms with Gasteiger partial charge in [0, 0.05) is 3.57 Å². The molecule has 3 nitrogen and oxygen atoms in total. The van der Waals surface area contributed by atoms with Crippen molar-refractivity contribution in [3.05, 3.63) is 27.6 Å². The molecule has 2 N–H and O–H groups in total. The molecule has 0 aromatic heterocycles. The van der Waals surface area contributed by atoms with Crippen molar-refractivity contribution in [1.29, 1.82) is 0 Å². The molecular formula is C6H5FINO2S. The summed E-state index contributed by atoms with van der Waals surface area (Å²) in [6.45, 7) is 0. The van der Waals surface area contributed by atoms with Crippen LogP contribution in [0.2, 0.25) is 0 Å². The average Bonchev–Trinajstić information content (AvgIpc) is 1.92. The summed E-state index contributed by atoms with van der Waals surface area (Å²) in [7, 11) is -3.79. The van der Waals surface area contributed by atoms with Crippen LogP contribution in [-0.4, -0.2) is 8.42 Å². The van der Waals surface area contributed by atoms with E-state index in [9.17, 15) is 12.8 Å². The first-order valence-corrected chi connectivity index (χ1v) is 5.51. The highest BCUT2D eigenvalue weighted by molar-refractivity contribution is 14.1. The molecule has 0 unspecified atom stereocenters. The summed E-state index contributed by atoms with van der Waals surface area (Å²) in [6.07, 6.45) is 0. The normalized spacial score (nSPS) is 11.6. The van der Waals surface area contributed by atoms with E-state index in [1.807, 2.05) is 0 Å². The first kappa shape index (κ1) is 9.87. The summed E-state index contributed by atoms with van der Waals surface area (Å²) >= 11 is 1.76. The minimum absolute atomic E-state index is 0.208. The van der Waals surface area contributed by atoms with E-state index in [0.29, 0.717) is 3.57 Å². The number of benzene rings is 1. The zero-order chi connectivity index (χ0) is 9.35. The Balaban J connectivity index is 3.33. The number of rotatable bonds is 1. The molecule has 0 atom stereocenters. The fourth-order valence-electron chi connectivity index (χ4n) is 0.654. The van der Waals surface area contributed by atoms with Crippen LogP contribution in [0.15, 0.2) is 23.1 Å². The van der Waals surface area contributed by atoms with E-state index in [-0.39, 0.29) is 4.90 Å². The fraction of sp³-hybridized carbons (Fsp3) is 0. The summed E-state index contributed by atoms with van der Waals surface area (Å²) in [6, 6.07) is 3.52. The lowest BCUT2D eigenvalue weighted by Crippen LogP contribution is -2.12. The maximum atomic E-state index is 12.8. The Hall–Kier alpha value is -0.210. The molecule has 0 aliphatic rings. The van der Waals surface area contributed by atoms with Gasteiger partial charge < -0.3 is 0 Å². The summed E-state index contributed by atoms with van der Waals surface area (Å²) < 4.78 is 34.6. The Bertz CT molecular complexity index is 404. The molecule has 1 rings (SSSR count). The van der Waals surface area contributed by atoms with Crippen molar-refractivity contribution in [3.63, 3.8) is 0 Å². The molecule has 66 valence electrons. The van der Waals surface area contributed by atoms with Crippen molar-refractivity contribution in [2.45, 2.75) is 4.90 Å². The molecule has 1 aromatic rings. The van der Waals surface area contributed by atoms with E-state index >= 15 is 0 Å². The van der Waals surface area contributed by atoms with Crippen LogP contribution in [0.1, 0.15) is 0 Å². The van der Waals surface area contributed by atoms with Crippen molar-refractivity contribution in [2.24, 2.45) is 5.14 Å². The number of primary sulfonamides is 1. The molecule has 0 radical (unpaired) electrons. The Labute approximate surface area is 83.0 Å². The van der Waals surface area contributed by atoms with Gasteiger partial charge in [0.15, 0.2) is 0 Å². The second kappa shape index (κ2) is 3.27. The molecule has 0 heterocycles. The molecule has 0 saturated heterocycles. The van der Waals surface area contributed by atoms with E-state index in [0.717, 1.165) is 6.07 Å². The van der Waals surface area contributed by atoms with Crippen molar-refractivity contribution < 1.29 is 12.8 Å². The van der Waals surface area contributed by atoms with Gasteiger partial charge >= 0.3 is 0 Å². The van der Waals surface area contributed by atoms with E-state index in [1.54, 1.807) is 22.6 Å². The zero-order valence-corrected chi connectivity index (χ0v) is 8.76. The standard InChI is InChI=1S/C6H5FINO2S/c7-5-3-4(12(9,10)11)1-2-6(5)8/h1-3H,(H2,9,10,11). The summed E-state index contributed by atoms with van der Waals surface area (Å²) in [5, 5.41) is 4.78. The number of hydrogen-bond acceptors (Lipinski definition) is 2. The van der Waals surface area contributed by atoms with Gasteiger partial charge in [0.2, 0.25) is 10.0 Å². The van der Waals surface area contributed by atoms with Crippen LogP contribution in [-0.2, 0) is 10.0 Å². The maximum Gasteiger partial charge on any atom is 0.238 e. The second-order valence-electron chi connectivity index (χ2n) is 2.12. The lowest BCUT2D eigenvalue weighted by Gasteiger charge is -1.98. The third-order valence-electron chi connectivity index (χ3n) is 1.22. The number of nitrogens with two attached hydrogens (primary N) is 1. The molecule has 0 saturated carbocycles. The lowest BCUT2D eigenvalue weighted by molar-refractivity contribution is 0.590. The van der Waals surface area contributed by atoms with Gasteiger partial charge in [0.1, 0.15) is 5.82 Å². The van der Waals surface area contributed by atoms with Crippen molar-refractivity contribution in [2.75, 3.05) is 0 Å². The van der Waals surface area contributed by atoms with Gasteiger partial charge in [-0.05, 0) is 40.8 Å². The summed E-state index contributed by atoms with van der Waals surface area (Å²) in [5.74, 6) is -0.581. The molecule has 12 heavy (non-hydrogen) atoms. The Kier molecular flexibility index (Phi) is 2.69. The van der Waals surface area contributed by atoms with Crippen LogP contribution in [0.3, 0.4) is 0 Å². The molecular weight excluding hydrogens is 296 g/mol. The van der Waals surface area contributed by atoms with Gasteiger partial charge in [-0.25, -0.2) is 17.9 Å². The Morgan fingerprint density at radius 1 is 1.42 bits per heavy atom. The molecule has 0 fully saturated rings. The quantitative estimate of drug-likeness (QED) is 0.789. The molecule has 1 aromatic carbocycles. The Morgan fingerprint density at radius 3 is 2.42 bits per heavy atom. The largest absolute Gasteiger partial charge is 0.238 e. The van der Waals surface area contributed by atoms with E-state index in [1.165, 1.54) is 12.1 Å².